The fourth-order valence-electron chi connectivity index (χ4n) is 4.59. The number of morpholine rings is 1. The summed E-state index contributed by atoms with van der Waals surface area (Å²) >= 11 is 0. The monoisotopic (exact) mass is 480 g/mol. The van der Waals surface area contributed by atoms with Gasteiger partial charge < -0.3 is 29.6 Å². The van der Waals surface area contributed by atoms with Gasteiger partial charge in [0.05, 0.1) is 26.9 Å². The Morgan fingerprint density at radius 2 is 1.91 bits per heavy atom. The molecule has 2 fully saturated rings. The van der Waals surface area contributed by atoms with Gasteiger partial charge >= 0.3 is 0 Å². The summed E-state index contributed by atoms with van der Waals surface area (Å²) in [6.45, 7) is 2.83. The summed E-state index contributed by atoms with van der Waals surface area (Å²) < 4.78 is 22.4. The van der Waals surface area contributed by atoms with Gasteiger partial charge in [0.15, 0.2) is 17.3 Å². The summed E-state index contributed by atoms with van der Waals surface area (Å²) in [6, 6.07) is 12.9. The molecule has 0 bridgehead atoms. The van der Waals surface area contributed by atoms with E-state index in [9.17, 15) is 9.59 Å². The smallest absolute Gasteiger partial charge is 0.286 e. The summed E-state index contributed by atoms with van der Waals surface area (Å²) in [6.07, 6.45) is 3.46. The van der Waals surface area contributed by atoms with Crippen molar-refractivity contribution in [2.75, 3.05) is 20.8 Å². The fraction of sp³-hybridized carbons (Fsp3) is 0.407. The van der Waals surface area contributed by atoms with E-state index in [0.29, 0.717) is 49.7 Å². The topological polar surface area (TPSA) is 95.1 Å². The van der Waals surface area contributed by atoms with Crippen molar-refractivity contribution in [3.63, 3.8) is 0 Å². The van der Waals surface area contributed by atoms with E-state index in [4.69, 9.17) is 18.9 Å². The zero-order valence-electron chi connectivity index (χ0n) is 20.3. The third kappa shape index (κ3) is 5.70. The maximum atomic E-state index is 12.9. The number of hydrogen-bond acceptors (Lipinski definition) is 6. The van der Waals surface area contributed by atoms with Crippen LogP contribution in [-0.4, -0.2) is 44.8 Å². The Hall–Kier alpha value is -3.68. The van der Waals surface area contributed by atoms with E-state index in [-0.39, 0.29) is 35.6 Å². The third-order valence-corrected chi connectivity index (χ3v) is 6.40. The molecule has 2 aromatic carbocycles. The first-order valence-corrected chi connectivity index (χ1v) is 11.9. The first-order chi connectivity index (χ1) is 17.0. The molecule has 3 atom stereocenters. The molecule has 1 heterocycles. The minimum absolute atomic E-state index is 0.0261. The number of methoxy groups -OCH3 is 2. The molecule has 1 saturated carbocycles. The van der Waals surface area contributed by atoms with Crippen LogP contribution in [0.3, 0.4) is 0 Å². The summed E-state index contributed by atoms with van der Waals surface area (Å²) in [5.41, 5.74) is 1.70. The zero-order chi connectivity index (χ0) is 24.8. The molecule has 0 aromatic heterocycles. The number of rotatable bonds is 8. The van der Waals surface area contributed by atoms with Gasteiger partial charge in [-0.25, -0.2) is 0 Å². The normalized spacial score (nSPS) is 22.4. The van der Waals surface area contributed by atoms with Gasteiger partial charge in [-0.1, -0.05) is 24.3 Å². The highest BCUT2D eigenvalue weighted by molar-refractivity contribution is 5.97. The van der Waals surface area contributed by atoms with Crippen LogP contribution in [0, 0.1) is 5.92 Å². The summed E-state index contributed by atoms with van der Waals surface area (Å²) in [5, 5.41) is 6.06. The van der Waals surface area contributed by atoms with Gasteiger partial charge in [-0.3, -0.25) is 9.59 Å². The number of para-hydroxylation sites is 1. The molecule has 1 aliphatic heterocycles. The molecule has 2 aromatic rings. The van der Waals surface area contributed by atoms with E-state index >= 15 is 0 Å². The molecule has 0 radical (unpaired) electrons. The van der Waals surface area contributed by atoms with Gasteiger partial charge in [-0.2, -0.15) is 0 Å². The molecule has 0 spiro atoms. The molecule has 8 nitrogen and oxygen atoms in total. The number of nitrogens with one attached hydrogen (secondary N) is 2. The van der Waals surface area contributed by atoms with E-state index in [0.717, 1.165) is 11.1 Å². The number of carbonyl (C=O) groups excluding carboxylic acids is 2. The average molecular weight is 481 g/mol. The van der Waals surface area contributed by atoms with Gasteiger partial charge in [0.25, 0.3) is 5.91 Å². The highest BCUT2D eigenvalue weighted by atomic mass is 16.5. The number of carbonyl (C=O) groups is 2. The molecule has 3 unspecified atom stereocenters. The molecule has 8 heteroatoms. The lowest BCUT2D eigenvalue weighted by Gasteiger charge is -2.39. The fourth-order valence-corrected chi connectivity index (χ4v) is 4.59. The molecule has 2 aliphatic rings. The van der Waals surface area contributed by atoms with Gasteiger partial charge in [0.1, 0.15) is 11.9 Å². The van der Waals surface area contributed by atoms with E-state index in [1.807, 2.05) is 49.4 Å². The largest absolute Gasteiger partial charge is 0.496 e. The van der Waals surface area contributed by atoms with Crippen LogP contribution in [0.15, 0.2) is 48.2 Å². The first kappa shape index (κ1) is 24.4. The Balaban J connectivity index is 1.35. The van der Waals surface area contributed by atoms with Crippen molar-refractivity contribution in [1.29, 1.82) is 0 Å². The second-order valence-corrected chi connectivity index (χ2v) is 8.63. The Labute approximate surface area is 205 Å². The van der Waals surface area contributed by atoms with Crippen molar-refractivity contribution >= 4 is 17.9 Å². The molecule has 2 N–H and O–H groups in total. The maximum Gasteiger partial charge on any atom is 0.286 e. The van der Waals surface area contributed by atoms with Crippen molar-refractivity contribution < 1.29 is 28.5 Å². The first-order valence-electron chi connectivity index (χ1n) is 11.9. The summed E-state index contributed by atoms with van der Waals surface area (Å²) in [5.74, 6) is 1.76. The maximum absolute atomic E-state index is 12.9. The number of ether oxygens (including phenoxy) is 4. The minimum Gasteiger partial charge on any atom is -0.496 e. The lowest BCUT2D eigenvalue weighted by molar-refractivity contribution is -0.134. The van der Waals surface area contributed by atoms with E-state index < -0.39 is 0 Å². The standard InChI is InChI=1S/C27H32N2O6/c1-4-34-24-13-17(9-11-23(24)33-3)16-28-26(30)19-10-12-22-20(14-19)29-27(31)25(35-22)15-18-7-5-6-8-21(18)32-2/h5-9,11,13,15,19-20,22H,4,10,12,14,16H2,1-3H3,(H,28,30)(H,29,31)/b25-15+. The molecular weight excluding hydrogens is 448 g/mol. The minimum atomic E-state index is -0.278. The van der Waals surface area contributed by atoms with Crippen LogP contribution < -0.4 is 24.8 Å². The Morgan fingerprint density at radius 3 is 2.69 bits per heavy atom. The van der Waals surface area contributed by atoms with Crippen molar-refractivity contribution in [2.24, 2.45) is 5.92 Å². The highest BCUT2D eigenvalue weighted by Gasteiger charge is 2.40. The van der Waals surface area contributed by atoms with Gasteiger partial charge in [-0.05, 0) is 56.0 Å². The predicted molar refractivity (Wildman–Crippen MR) is 131 cm³/mol. The number of hydrogen-bond donors (Lipinski definition) is 2. The second-order valence-electron chi connectivity index (χ2n) is 8.63. The molecule has 35 heavy (non-hydrogen) atoms. The highest BCUT2D eigenvalue weighted by Crippen LogP contribution is 2.33. The Bertz CT molecular complexity index is 1100. The lowest BCUT2D eigenvalue weighted by atomic mass is 9.82. The summed E-state index contributed by atoms with van der Waals surface area (Å²) in [7, 11) is 3.19. The van der Waals surface area contributed by atoms with Gasteiger partial charge in [0.2, 0.25) is 5.91 Å². The second kappa shape index (κ2) is 11.2. The van der Waals surface area contributed by atoms with Crippen LogP contribution in [0.2, 0.25) is 0 Å². The number of fused-ring (bicyclic) bond motifs is 1. The molecule has 186 valence electrons. The van der Waals surface area contributed by atoms with Crippen LogP contribution in [0.25, 0.3) is 6.08 Å². The Morgan fingerprint density at radius 1 is 1.11 bits per heavy atom. The van der Waals surface area contributed by atoms with E-state index in [1.165, 1.54) is 0 Å². The van der Waals surface area contributed by atoms with Gasteiger partial charge in [0, 0.05) is 18.0 Å². The quantitative estimate of drug-likeness (QED) is 0.562. The molecule has 1 aliphatic carbocycles. The van der Waals surface area contributed by atoms with Crippen LogP contribution in [0.5, 0.6) is 17.2 Å². The zero-order valence-corrected chi connectivity index (χ0v) is 20.3. The van der Waals surface area contributed by atoms with Crippen molar-refractivity contribution in [2.45, 2.75) is 44.9 Å². The SMILES string of the molecule is CCOc1cc(CNC(=O)C2CCC3O/C(=C/c4ccccc4OC)C(=O)NC3C2)ccc1OC. The average Bonchev–Trinajstić information content (AvgIpc) is 2.88. The summed E-state index contributed by atoms with van der Waals surface area (Å²) in [4.78, 5) is 25.6. The Kier molecular flexibility index (Phi) is 7.80. The van der Waals surface area contributed by atoms with Crippen molar-refractivity contribution in [3.8, 4) is 17.2 Å². The van der Waals surface area contributed by atoms with Crippen LogP contribution in [0.4, 0.5) is 0 Å². The van der Waals surface area contributed by atoms with Crippen molar-refractivity contribution in [1.82, 2.24) is 10.6 Å². The van der Waals surface area contributed by atoms with E-state index in [1.54, 1.807) is 20.3 Å². The molecule has 2 amide bonds. The van der Waals surface area contributed by atoms with Crippen LogP contribution in [0.1, 0.15) is 37.3 Å². The van der Waals surface area contributed by atoms with E-state index in [2.05, 4.69) is 10.6 Å². The van der Waals surface area contributed by atoms with Crippen LogP contribution >= 0.6 is 0 Å². The molecule has 4 rings (SSSR count). The molecule has 1 saturated heterocycles. The van der Waals surface area contributed by atoms with Crippen LogP contribution in [-0.2, 0) is 20.9 Å². The van der Waals surface area contributed by atoms with Gasteiger partial charge in [-0.15, -0.1) is 0 Å². The predicted octanol–water partition coefficient (Wildman–Crippen LogP) is 3.44. The lowest BCUT2D eigenvalue weighted by Crippen LogP contribution is -2.54. The number of amides is 2. The van der Waals surface area contributed by atoms with Crippen molar-refractivity contribution in [3.05, 3.63) is 59.4 Å². The molecular formula is C27H32N2O6. The number of benzene rings is 2. The third-order valence-electron chi connectivity index (χ3n) is 6.40.